The van der Waals surface area contributed by atoms with Crippen LogP contribution in [0.5, 0.6) is 0 Å². The molecule has 106 valence electrons. The lowest BCUT2D eigenvalue weighted by Gasteiger charge is -2.33. The van der Waals surface area contributed by atoms with E-state index in [4.69, 9.17) is 10.8 Å². The molecule has 0 bridgehead atoms. The zero-order valence-corrected chi connectivity index (χ0v) is 12.0. The van der Waals surface area contributed by atoms with Crippen LogP contribution >= 0.6 is 7.60 Å². The Hall–Kier alpha value is -0.680. The molecule has 0 aliphatic rings. The number of rotatable bonds is 6. The summed E-state index contributed by atoms with van der Waals surface area (Å²) in [6.45, 7) is 6.52. The predicted molar refractivity (Wildman–Crippen MR) is 69.3 cm³/mol. The topological polar surface area (TPSA) is 121 Å². The third kappa shape index (κ3) is 5.31. The number of hydrogen-bond donors (Lipinski definition) is 4. The molecule has 0 amide bonds. The molecule has 0 saturated heterocycles. The molecule has 5 N–H and O–H groups in total. The highest BCUT2D eigenvalue weighted by Crippen LogP contribution is 2.55. The van der Waals surface area contributed by atoms with Crippen LogP contribution in [-0.4, -0.2) is 32.1 Å². The van der Waals surface area contributed by atoms with Crippen LogP contribution in [0.1, 0.15) is 34.1 Å². The number of carbonyl (C=O) groups is 1. The van der Waals surface area contributed by atoms with Gasteiger partial charge < -0.3 is 20.6 Å². The molecule has 0 heterocycles. The van der Waals surface area contributed by atoms with Crippen molar-refractivity contribution in [2.45, 2.75) is 45.3 Å². The number of nitrogens with two attached hydrogens (primary N) is 1. The third-order valence-electron chi connectivity index (χ3n) is 2.72. The van der Waals surface area contributed by atoms with E-state index in [0.717, 1.165) is 0 Å². The van der Waals surface area contributed by atoms with Crippen LogP contribution in [0.15, 0.2) is 12.2 Å². The van der Waals surface area contributed by atoms with Crippen LogP contribution in [0.2, 0.25) is 0 Å². The first-order valence-electron chi connectivity index (χ1n) is 5.52. The second-order valence-corrected chi connectivity index (χ2v) is 8.04. The number of aliphatic carboxylic acids is 1. The molecule has 18 heavy (non-hydrogen) atoms. The molecule has 0 aliphatic carbocycles. The first kappa shape index (κ1) is 17.3. The molecule has 0 aromatic heterocycles. The fraction of sp³-hybridized carbons (Fsp3) is 0.727. The lowest BCUT2D eigenvalue weighted by Crippen LogP contribution is -2.30. The lowest BCUT2D eigenvalue weighted by molar-refractivity contribution is -0.137. The van der Waals surface area contributed by atoms with Crippen molar-refractivity contribution in [3.05, 3.63) is 12.2 Å². The maximum absolute atomic E-state index is 11.3. The summed E-state index contributed by atoms with van der Waals surface area (Å²) >= 11 is 0. The van der Waals surface area contributed by atoms with Crippen molar-refractivity contribution in [2.24, 2.45) is 11.1 Å². The molecule has 0 spiro atoms. The summed E-state index contributed by atoms with van der Waals surface area (Å²) in [7, 11) is -4.21. The van der Waals surface area contributed by atoms with Crippen LogP contribution in [0.3, 0.4) is 0 Å². The number of allylic oxidation sites excluding steroid dienone is 1. The third-order valence-corrected chi connectivity index (χ3v) is 4.45. The van der Waals surface area contributed by atoms with Gasteiger partial charge in [0.1, 0.15) is 6.04 Å². The minimum absolute atomic E-state index is 0.215. The van der Waals surface area contributed by atoms with Crippen LogP contribution in [0.25, 0.3) is 0 Å². The Morgan fingerprint density at radius 1 is 1.33 bits per heavy atom. The van der Waals surface area contributed by atoms with Gasteiger partial charge in [-0.1, -0.05) is 26.0 Å². The maximum Gasteiger partial charge on any atom is 0.331 e. The fourth-order valence-electron chi connectivity index (χ4n) is 1.72. The number of carboxylic acid groups (broad SMARTS) is 1. The van der Waals surface area contributed by atoms with Crippen molar-refractivity contribution in [3.63, 3.8) is 0 Å². The predicted octanol–water partition coefficient (Wildman–Crippen LogP) is 1.33. The molecular formula is C11H22NO5P. The van der Waals surface area contributed by atoms with Gasteiger partial charge in [0.25, 0.3) is 0 Å². The molecule has 0 saturated carbocycles. The van der Waals surface area contributed by atoms with Crippen molar-refractivity contribution >= 4 is 13.6 Å². The molecule has 7 heteroatoms. The summed E-state index contributed by atoms with van der Waals surface area (Å²) in [6, 6.07) is -1.11. The Labute approximate surface area is 107 Å². The van der Waals surface area contributed by atoms with Gasteiger partial charge in [0, 0.05) is 0 Å². The van der Waals surface area contributed by atoms with Crippen molar-refractivity contribution in [2.75, 3.05) is 0 Å². The van der Waals surface area contributed by atoms with E-state index < -0.39 is 30.2 Å². The molecule has 6 nitrogen and oxygen atoms in total. The molecule has 0 aromatic rings. The summed E-state index contributed by atoms with van der Waals surface area (Å²) in [5.41, 5.74) is 4.78. The van der Waals surface area contributed by atoms with Crippen molar-refractivity contribution < 1.29 is 24.3 Å². The number of carboxylic acids is 1. The Morgan fingerprint density at radius 3 is 2.11 bits per heavy atom. The summed E-state index contributed by atoms with van der Waals surface area (Å²) in [5, 5.41) is 7.47. The Kier molecular flexibility index (Phi) is 5.32. The van der Waals surface area contributed by atoms with Crippen molar-refractivity contribution in [1.82, 2.24) is 0 Å². The molecule has 0 radical (unpaired) electrons. The quantitative estimate of drug-likeness (QED) is 0.430. The van der Waals surface area contributed by atoms with Gasteiger partial charge in [0.05, 0.1) is 5.16 Å². The van der Waals surface area contributed by atoms with Gasteiger partial charge in [-0.05, 0) is 25.7 Å². The van der Waals surface area contributed by atoms with Gasteiger partial charge in [-0.15, -0.1) is 0 Å². The van der Waals surface area contributed by atoms with Crippen LogP contribution in [0, 0.1) is 5.41 Å². The molecule has 1 atom stereocenters. The van der Waals surface area contributed by atoms with E-state index in [1.54, 1.807) is 19.9 Å². The second kappa shape index (κ2) is 5.53. The van der Waals surface area contributed by atoms with Gasteiger partial charge in [-0.3, -0.25) is 9.36 Å². The Morgan fingerprint density at radius 2 is 1.78 bits per heavy atom. The molecule has 0 aliphatic heterocycles. The Bertz CT molecular complexity index is 383. The van der Waals surface area contributed by atoms with E-state index in [0.29, 0.717) is 0 Å². The monoisotopic (exact) mass is 279 g/mol. The van der Waals surface area contributed by atoms with Gasteiger partial charge in [0.2, 0.25) is 0 Å². The first-order valence-corrected chi connectivity index (χ1v) is 7.13. The van der Waals surface area contributed by atoms with Gasteiger partial charge in [-0.25, -0.2) is 0 Å². The van der Waals surface area contributed by atoms with Crippen LogP contribution < -0.4 is 5.73 Å². The Balaban J connectivity index is 4.88. The second-order valence-electron chi connectivity index (χ2n) is 5.74. The highest BCUT2D eigenvalue weighted by molar-refractivity contribution is 7.53. The molecule has 0 rings (SSSR count). The van der Waals surface area contributed by atoms with Crippen molar-refractivity contribution in [3.8, 4) is 0 Å². The SMILES string of the molecule is CC(C)(/C=C/[C@H](N)C(=O)O)CC(C)(C)P(=O)(O)O. The average Bonchev–Trinajstić information content (AvgIpc) is 2.10. The summed E-state index contributed by atoms with van der Waals surface area (Å²) in [6.07, 6.45) is 3.13. The zero-order chi connectivity index (χ0) is 14.8. The summed E-state index contributed by atoms with van der Waals surface area (Å²) in [5.74, 6) is -1.14. The van der Waals surface area contributed by atoms with E-state index >= 15 is 0 Å². The minimum Gasteiger partial charge on any atom is -0.480 e. The lowest BCUT2D eigenvalue weighted by atomic mass is 9.83. The molecular weight excluding hydrogens is 257 g/mol. The average molecular weight is 279 g/mol. The molecule has 0 fully saturated rings. The molecule has 0 unspecified atom stereocenters. The highest BCUT2D eigenvalue weighted by Gasteiger charge is 2.41. The largest absolute Gasteiger partial charge is 0.480 e. The van der Waals surface area contributed by atoms with E-state index in [1.807, 2.05) is 0 Å². The van der Waals surface area contributed by atoms with E-state index in [9.17, 15) is 19.1 Å². The van der Waals surface area contributed by atoms with Gasteiger partial charge >= 0.3 is 13.6 Å². The fourth-order valence-corrected chi connectivity index (χ4v) is 2.34. The van der Waals surface area contributed by atoms with Crippen molar-refractivity contribution in [1.29, 1.82) is 0 Å². The maximum atomic E-state index is 11.3. The normalized spacial score (nSPS) is 15.9. The summed E-state index contributed by atoms with van der Waals surface area (Å²) < 4.78 is 11.3. The van der Waals surface area contributed by atoms with Crippen LogP contribution in [-0.2, 0) is 9.36 Å². The van der Waals surface area contributed by atoms with Gasteiger partial charge in [-0.2, -0.15) is 0 Å². The minimum atomic E-state index is -4.21. The highest BCUT2D eigenvalue weighted by atomic mass is 31.2. The van der Waals surface area contributed by atoms with E-state index in [1.165, 1.54) is 19.9 Å². The first-order chi connectivity index (χ1) is 7.78. The van der Waals surface area contributed by atoms with Crippen LogP contribution in [0.4, 0.5) is 0 Å². The summed E-state index contributed by atoms with van der Waals surface area (Å²) in [4.78, 5) is 29.0. The smallest absolute Gasteiger partial charge is 0.331 e. The standard InChI is InChI=1S/C11H22NO5P/c1-10(2,6-5-8(12)9(13)14)7-11(3,4)18(15,16)17/h5-6,8H,7,12H2,1-4H3,(H,13,14)(H2,15,16,17)/b6-5+/t8-/m0/s1. The van der Waals surface area contributed by atoms with E-state index in [-0.39, 0.29) is 6.42 Å². The van der Waals surface area contributed by atoms with Gasteiger partial charge in [0.15, 0.2) is 0 Å². The zero-order valence-electron chi connectivity index (χ0n) is 11.1. The number of hydrogen-bond acceptors (Lipinski definition) is 3. The molecule has 0 aromatic carbocycles. The van der Waals surface area contributed by atoms with E-state index in [2.05, 4.69) is 0 Å².